The monoisotopic (exact) mass is 445 g/mol. The molecule has 0 unspecified atom stereocenters. The molecule has 1 N–H and O–H groups in total. The molecule has 0 spiro atoms. The summed E-state index contributed by atoms with van der Waals surface area (Å²) in [6, 6.07) is 10.2. The first-order valence-corrected chi connectivity index (χ1v) is 9.53. The molecule has 2 aromatic carbocycles. The normalized spacial score (nSPS) is 11.7. The van der Waals surface area contributed by atoms with Crippen LogP contribution >= 0.6 is 15.9 Å². The predicted molar refractivity (Wildman–Crippen MR) is 98.0 cm³/mol. The van der Waals surface area contributed by atoms with E-state index in [1.54, 1.807) is 18.2 Å². The van der Waals surface area contributed by atoms with Crippen molar-refractivity contribution in [3.05, 3.63) is 58.6 Å². The number of hydrogen-bond acceptors (Lipinski definition) is 4. The van der Waals surface area contributed by atoms with E-state index in [0.717, 1.165) is 16.6 Å². The highest BCUT2D eigenvalue weighted by Gasteiger charge is 2.29. The second kappa shape index (κ2) is 8.41. The first-order valence-electron chi connectivity index (χ1n) is 7.19. The van der Waals surface area contributed by atoms with Gasteiger partial charge in [-0.15, -0.1) is 0 Å². The van der Waals surface area contributed by atoms with Crippen LogP contribution in [0.1, 0.15) is 5.56 Å². The summed E-state index contributed by atoms with van der Waals surface area (Å²) in [5.41, 5.74) is 0.383. The number of ether oxygens (including phenoxy) is 1. The lowest BCUT2D eigenvalue weighted by molar-refractivity contribution is -0.111. The van der Waals surface area contributed by atoms with Gasteiger partial charge in [-0.05, 0) is 36.4 Å². The number of para-hydroxylation sites is 1. The number of alkyl halides is 2. The first kappa shape index (κ1) is 20.1. The lowest BCUT2D eigenvalue weighted by atomic mass is 10.2. The third-order valence-corrected chi connectivity index (χ3v) is 5.22. The molecule has 2 aromatic rings. The van der Waals surface area contributed by atoms with E-state index in [4.69, 9.17) is 4.74 Å². The van der Waals surface area contributed by atoms with Crippen molar-refractivity contribution in [3.63, 3.8) is 0 Å². The second-order valence-corrected chi connectivity index (χ2v) is 7.81. The quantitative estimate of drug-likeness (QED) is 0.679. The molecule has 0 aliphatic heterocycles. The van der Waals surface area contributed by atoms with Crippen molar-refractivity contribution in [2.45, 2.75) is 10.7 Å². The fourth-order valence-electron chi connectivity index (χ4n) is 2.09. The Bertz CT molecular complexity index is 946. The van der Waals surface area contributed by atoms with Gasteiger partial charge in [0, 0.05) is 16.1 Å². The molecule has 0 bridgehead atoms. The van der Waals surface area contributed by atoms with Crippen molar-refractivity contribution in [3.8, 4) is 5.75 Å². The summed E-state index contributed by atoms with van der Waals surface area (Å²) >= 11 is 3.30. The Balaban J connectivity index is 2.26. The lowest BCUT2D eigenvalue weighted by Crippen LogP contribution is -2.16. The summed E-state index contributed by atoms with van der Waals surface area (Å²) in [4.78, 5) is 11.4. The molecule has 0 aliphatic carbocycles. The van der Waals surface area contributed by atoms with Crippen molar-refractivity contribution < 1.29 is 26.7 Å². The zero-order valence-electron chi connectivity index (χ0n) is 13.4. The molecule has 0 aliphatic rings. The summed E-state index contributed by atoms with van der Waals surface area (Å²) in [7, 11) is -3.36. The molecule has 138 valence electrons. The Morgan fingerprint density at radius 1 is 1.23 bits per heavy atom. The average molecular weight is 446 g/mol. The van der Waals surface area contributed by atoms with Gasteiger partial charge in [0.05, 0.1) is 17.7 Å². The van der Waals surface area contributed by atoms with Crippen molar-refractivity contribution in [2.24, 2.45) is 0 Å². The van der Waals surface area contributed by atoms with E-state index in [1.165, 1.54) is 31.4 Å². The molecular formula is C17H14BrF2NO4S. The largest absolute Gasteiger partial charge is 0.496 e. The Morgan fingerprint density at radius 3 is 2.58 bits per heavy atom. The second-order valence-electron chi connectivity index (χ2n) is 5.01. The molecule has 0 aromatic heterocycles. The number of methoxy groups -OCH3 is 1. The maximum Gasteiger partial charge on any atom is 0.341 e. The molecule has 0 saturated carbocycles. The van der Waals surface area contributed by atoms with E-state index in [2.05, 4.69) is 21.2 Å². The van der Waals surface area contributed by atoms with Gasteiger partial charge in [0.15, 0.2) is 0 Å². The van der Waals surface area contributed by atoms with Gasteiger partial charge in [-0.3, -0.25) is 4.79 Å². The number of hydrogen-bond donors (Lipinski definition) is 1. The number of carbonyl (C=O) groups is 1. The number of carbonyl (C=O) groups excluding carboxylic acids is 1. The van der Waals surface area contributed by atoms with E-state index in [-0.39, 0.29) is 5.69 Å². The summed E-state index contributed by atoms with van der Waals surface area (Å²) in [5, 5.41) is 2.30. The van der Waals surface area contributed by atoms with Gasteiger partial charge in [-0.1, -0.05) is 28.1 Å². The van der Waals surface area contributed by atoms with Gasteiger partial charge in [0.25, 0.3) is 0 Å². The van der Waals surface area contributed by atoms with Crippen LogP contribution in [0.25, 0.3) is 6.08 Å². The smallest absolute Gasteiger partial charge is 0.341 e. The highest BCUT2D eigenvalue weighted by molar-refractivity contribution is 9.10. The summed E-state index contributed by atoms with van der Waals surface area (Å²) in [5.74, 6) is -3.73. The van der Waals surface area contributed by atoms with Crippen LogP contribution in [0.2, 0.25) is 0 Å². The van der Waals surface area contributed by atoms with E-state index in [0.29, 0.717) is 11.3 Å². The van der Waals surface area contributed by atoms with Crippen LogP contribution in [-0.2, 0) is 14.6 Å². The zero-order valence-corrected chi connectivity index (χ0v) is 15.9. The van der Waals surface area contributed by atoms with Gasteiger partial charge in [0.1, 0.15) is 5.75 Å². The third-order valence-electron chi connectivity index (χ3n) is 3.29. The Kier molecular flexibility index (Phi) is 6.49. The topological polar surface area (TPSA) is 72.5 Å². The van der Waals surface area contributed by atoms with Crippen molar-refractivity contribution in [1.29, 1.82) is 0 Å². The number of sulfone groups is 1. The van der Waals surface area contributed by atoms with Gasteiger partial charge >= 0.3 is 5.76 Å². The van der Waals surface area contributed by atoms with Gasteiger partial charge in [-0.2, -0.15) is 8.78 Å². The third kappa shape index (κ3) is 4.67. The van der Waals surface area contributed by atoms with E-state index in [1.807, 2.05) is 0 Å². The minimum Gasteiger partial charge on any atom is -0.496 e. The SMILES string of the molecule is COc1ccc(Br)cc1C=CC(=O)Nc1ccccc1S(=O)(=O)C(F)F. The molecule has 26 heavy (non-hydrogen) atoms. The van der Waals surface area contributed by atoms with Crippen molar-refractivity contribution >= 4 is 43.4 Å². The molecule has 0 saturated heterocycles. The molecule has 0 atom stereocenters. The van der Waals surface area contributed by atoms with E-state index in [9.17, 15) is 22.0 Å². The summed E-state index contributed by atoms with van der Waals surface area (Å²) in [6.07, 6.45) is 2.61. The van der Waals surface area contributed by atoms with Gasteiger partial charge in [0.2, 0.25) is 15.7 Å². The van der Waals surface area contributed by atoms with Crippen molar-refractivity contribution in [1.82, 2.24) is 0 Å². The molecule has 0 radical (unpaired) electrons. The molecule has 2 rings (SSSR count). The van der Waals surface area contributed by atoms with Gasteiger partial charge < -0.3 is 10.1 Å². The maximum absolute atomic E-state index is 12.8. The maximum atomic E-state index is 12.8. The zero-order chi connectivity index (χ0) is 19.3. The number of benzene rings is 2. The average Bonchev–Trinajstić information content (AvgIpc) is 2.60. The number of anilines is 1. The van der Waals surface area contributed by atoms with Crippen LogP contribution in [0, 0.1) is 0 Å². The number of halogens is 3. The van der Waals surface area contributed by atoms with Crippen LogP contribution in [-0.4, -0.2) is 27.2 Å². The number of amides is 1. The summed E-state index contributed by atoms with van der Waals surface area (Å²) < 4.78 is 54.9. The number of nitrogens with one attached hydrogen (secondary N) is 1. The molecule has 0 heterocycles. The highest BCUT2D eigenvalue weighted by Crippen LogP contribution is 2.27. The van der Waals surface area contributed by atoms with Crippen LogP contribution in [0.5, 0.6) is 5.75 Å². The first-order chi connectivity index (χ1) is 12.3. The Morgan fingerprint density at radius 2 is 1.92 bits per heavy atom. The highest BCUT2D eigenvalue weighted by atomic mass is 79.9. The predicted octanol–water partition coefficient (Wildman–Crippen LogP) is 4.11. The van der Waals surface area contributed by atoms with Crippen molar-refractivity contribution in [2.75, 3.05) is 12.4 Å². The van der Waals surface area contributed by atoms with Crippen LogP contribution in [0.3, 0.4) is 0 Å². The van der Waals surface area contributed by atoms with E-state index < -0.39 is 26.4 Å². The standard InChI is InChI=1S/C17H14BrF2NO4S/c1-25-14-8-7-12(18)10-11(14)6-9-16(22)21-13-4-2-3-5-15(13)26(23,24)17(19)20/h2-10,17H,1H3,(H,21,22). The lowest BCUT2D eigenvalue weighted by Gasteiger charge is -2.10. The van der Waals surface area contributed by atoms with E-state index >= 15 is 0 Å². The molecule has 9 heteroatoms. The van der Waals surface area contributed by atoms with Crippen LogP contribution in [0.4, 0.5) is 14.5 Å². The molecule has 5 nitrogen and oxygen atoms in total. The number of rotatable bonds is 6. The van der Waals surface area contributed by atoms with Gasteiger partial charge in [-0.25, -0.2) is 8.42 Å². The molecule has 1 amide bonds. The molecule has 0 fully saturated rings. The Hall–Kier alpha value is -2.26. The molecular weight excluding hydrogens is 432 g/mol. The van der Waals surface area contributed by atoms with Crippen LogP contribution in [0.15, 0.2) is 57.9 Å². The minimum absolute atomic E-state index is 0.219. The summed E-state index contributed by atoms with van der Waals surface area (Å²) in [6.45, 7) is 0. The fraction of sp³-hybridized carbons (Fsp3) is 0.118. The Labute approximate surface area is 157 Å². The fourth-order valence-corrected chi connectivity index (χ4v) is 3.35. The van der Waals surface area contributed by atoms with Crippen LogP contribution < -0.4 is 10.1 Å². The minimum atomic E-state index is -4.83.